The van der Waals surface area contributed by atoms with Gasteiger partial charge < -0.3 is 15.7 Å². The van der Waals surface area contributed by atoms with Crippen molar-refractivity contribution in [2.45, 2.75) is 12.5 Å². The van der Waals surface area contributed by atoms with Gasteiger partial charge in [-0.1, -0.05) is 0 Å². The normalized spacial score (nSPS) is 19.4. The first-order valence-corrected chi connectivity index (χ1v) is 8.45. The summed E-state index contributed by atoms with van der Waals surface area (Å²) in [5.74, 6) is -0.253. The van der Waals surface area contributed by atoms with Gasteiger partial charge in [0.2, 0.25) is 5.91 Å². The number of aliphatic hydroxyl groups excluding tert-OH is 1. The van der Waals surface area contributed by atoms with Gasteiger partial charge in [0.1, 0.15) is 9.84 Å². The maximum Gasteiger partial charge on any atom is 0.239 e. The number of aliphatic hydroxyl groups is 1. The second-order valence-corrected chi connectivity index (χ2v) is 7.18. The largest absolute Gasteiger partial charge is 0.395 e. The van der Waals surface area contributed by atoms with E-state index in [1.807, 2.05) is 0 Å². The fourth-order valence-electron chi connectivity index (χ4n) is 2.03. The molecule has 19 heavy (non-hydrogen) atoms. The summed E-state index contributed by atoms with van der Waals surface area (Å²) in [6.07, 6.45) is 1.30. The summed E-state index contributed by atoms with van der Waals surface area (Å²) in [6, 6.07) is -0.751. The highest BCUT2D eigenvalue weighted by Gasteiger charge is 2.25. The van der Waals surface area contributed by atoms with E-state index in [1.54, 1.807) is 4.90 Å². The van der Waals surface area contributed by atoms with Crippen LogP contribution in [-0.4, -0.2) is 86.6 Å². The maximum atomic E-state index is 12.0. The zero-order valence-electron chi connectivity index (χ0n) is 11.3. The summed E-state index contributed by atoms with van der Waals surface area (Å²) in [5.41, 5.74) is 5.74. The number of carbonyl (C=O) groups is 1. The number of carbonyl (C=O) groups excluding carboxylic acids is 1. The number of rotatable bonds is 6. The minimum Gasteiger partial charge on any atom is -0.395 e. The summed E-state index contributed by atoms with van der Waals surface area (Å²) in [6.45, 7) is 3.30. The Hall–Kier alpha value is -0.700. The summed E-state index contributed by atoms with van der Waals surface area (Å²) < 4.78 is 22.1. The average Bonchev–Trinajstić information content (AvgIpc) is 2.35. The molecule has 1 unspecified atom stereocenters. The highest BCUT2D eigenvalue weighted by atomic mass is 32.2. The second kappa shape index (κ2) is 7.18. The van der Waals surface area contributed by atoms with E-state index in [2.05, 4.69) is 4.90 Å². The number of hydrogen-bond acceptors (Lipinski definition) is 6. The van der Waals surface area contributed by atoms with E-state index >= 15 is 0 Å². The first-order chi connectivity index (χ1) is 8.83. The van der Waals surface area contributed by atoms with Crippen LogP contribution in [0.4, 0.5) is 0 Å². The average molecular weight is 293 g/mol. The number of sulfone groups is 1. The number of amides is 1. The Labute approximate surface area is 114 Å². The van der Waals surface area contributed by atoms with Gasteiger partial charge in [0, 0.05) is 39.0 Å². The fraction of sp³-hybridized carbons (Fsp3) is 0.909. The molecule has 0 aliphatic carbocycles. The van der Waals surface area contributed by atoms with Gasteiger partial charge in [0.05, 0.1) is 18.4 Å². The van der Waals surface area contributed by atoms with Gasteiger partial charge in [-0.3, -0.25) is 9.69 Å². The molecule has 0 aromatic heterocycles. The van der Waals surface area contributed by atoms with Crippen molar-refractivity contribution in [2.75, 3.05) is 51.3 Å². The fourth-order valence-corrected chi connectivity index (χ4v) is 2.71. The Morgan fingerprint density at radius 3 is 2.37 bits per heavy atom. The van der Waals surface area contributed by atoms with Crippen LogP contribution >= 0.6 is 0 Å². The molecule has 7 nitrogen and oxygen atoms in total. The van der Waals surface area contributed by atoms with Crippen molar-refractivity contribution < 1.29 is 18.3 Å². The SMILES string of the molecule is CS(=O)(=O)CCC(N)C(=O)N1CCN(CCO)CC1. The summed E-state index contributed by atoms with van der Waals surface area (Å²) in [7, 11) is -3.09. The van der Waals surface area contributed by atoms with E-state index in [9.17, 15) is 13.2 Å². The van der Waals surface area contributed by atoms with Crippen molar-refractivity contribution in [3.63, 3.8) is 0 Å². The molecular formula is C11H23N3O4S. The lowest BCUT2D eigenvalue weighted by Crippen LogP contribution is -2.53. The molecule has 1 atom stereocenters. The molecule has 0 saturated carbocycles. The molecule has 112 valence electrons. The third-order valence-corrected chi connectivity index (χ3v) is 4.19. The number of nitrogens with zero attached hydrogens (tertiary/aromatic N) is 2. The molecule has 1 rings (SSSR count). The number of hydrogen-bond donors (Lipinski definition) is 2. The lowest BCUT2D eigenvalue weighted by Gasteiger charge is -2.35. The standard InChI is InChI=1S/C11H23N3O4S/c1-19(17,18)9-2-10(12)11(16)14-5-3-13(4-6-14)7-8-15/h10,15H,2-9,12H2,1H3. The van der Waals surface area contributed by atoms with Crippen LogP contribution < -0.4 is 5.73 Å². The zero-order chi connectivity index (χ0) is 14.5. The number of β-amino-alcohol motifs (C(OH)–C–C–N with tert-alkyl or cyclic N) is 1. The lowest BCUT2D eigenvalue weighted by atomic mass is 10.2. The van der Waals surface area contributed by atoms with Crippen molar-refractivity contribution in [3.8, 4) is 0 Å². The van der Waals surface area contributed by atoms with Crippen LogP contribution in [0.2, 0.25) is 0 Å². The van der Waals surface area contributed by atoms with Crippen molar-refractivity contribution >= 4 is 15.7 Å². The first-order valence-electron chi connectivity index (χ1n) is 6.39. The molecule has 1 aliphatic rings. The number of nitrogens with two attached hydrogens (primary N) is 1. The Bertz CT molecular complexity index is 391. The van der Waals surface area contributed by atoms with Crippen molar-refractivity contribution in [2.24, 2.45) is 5.73 Å². The topological polar surface area (TPSA) is 104 Å². The van der Waals surface area contributed by atoms with E-state index in [1.165, 1.54) is 0 Å². The molecule has 0 aromatic rings. The summed E-state index contributed by atoms with van der Waals surface area (Å²) in [5, 5.41) is 8.83. The van der Waals surface area contributed by atoms with Crippen LogP contribution in [0.5, 0.6) is 0 Å². The molecule has 0 aromatic carbocycles. The maximum absolute atomic E-state index is 12.0. The third kappa shape index (κ3) is 5.85. The minimum absolute atomic E-state index is 0.0651. The Kier molecular flexibility index (Phi) is 6.18. The summed E-state index contributed by atoms with van der Waals surface area (Å²) >= 11 is 0. The Balaban J connectivity index is 2.38. The van der Waals surface area contributed by atoms with Crippen molar-refractivity contribution in [1.82, 2.24) is 9.80 Å². The van der Waals surface area contributed by atoms with Gasteiger partial charge in [0.25, 0.3) is 0 Å². The first kappa shape index (κ1) is 16.4. The van der Waals surface area contributed by atoms with E-state index < -0.39 is 15.9 Å². The predicted molar refractivity (Wildman–Crippen MR) is 72.4 cm³/mol. The monoisotopic (exact) mass is 293 g/mol. The van der Waals surface area contributed by atoms with Crippen LogP contribution in [-0.2, 0) is 14.6 Å². The molecule has 3 N–H and O–H groups in total. The second-order valence-electron chi connectivity index (χ2n) is 4.92. The Morgan fingerprint density at radius 2 is 1.89 bits per heavy atom. The zero-order valence-corrected chi connectivity index (χ0v) is 12.1. The molecule has 1 fully saturated rings. The van der Waals surface area contributed by atoms with Gasteiger partial charge in [-0.25, -0.2) is 8.42 Å². The molecule has 0 radical (unpaired) electrons. The van der Waals surface area contributed by atoms with Crippen LogP contribution in [0.3, 0.4) is 0 Å². The molecule has 1 aliphatic heterocycles. The van der Waals surface area contributed by atoms with E-state index in [-0.39, 0.29) is 24.7 Å². The van der Waals surface area contributed by atoms with Gasteiger partial charge in [0.15, 0.2) is 0 Å². The van der Waals surface area contributed by atoms with Crippen LogP contribution in [0.1, 0.15) is 6.42 Å². The van der Waals surface area contributed by atoms with E-state index in [0.29, 0.717) is 32.7 Å². The highest BCUT2D eigenvalue weighted by Crippen LogP contribution is 2.05. The molecule has 1 saturated heterocycles. The van der Waals surface area contributed by atoms with Crippen molar-refractivity contribution in [3.05, 3.63) is 0 Å². The van der Waals surface area contributed by atoms with Crippen LogP contribution in [0.25, 0.3) is 0 Å². The molecular weight excluding hydrogens is 270 g/mol. The summed E-state index contributed by atoms with van der Waals surface area (Å²) in [4.78, 5) is 15.8. The third-order valence-electron chi connectivity index (χ3n) is 3.22. The number of piperazine rings is 1. The molecule has 8 heteroatoms. The van der Waals surface area contributed by atoms with Gasteiger partial charge in [-0.2, -0.15) is 0 Å². The highest BCUT2D eigenvalue weighted by molar-refractivity contribution is 7.90. The predicted octanol–water partition coefficient (Wildman–Crippen LogP) is -2.12. The van der Waals surface area contributed by atoms with Crippen LogP contribution in [0.15, 0.2) is 0 Å². The van der Waals surface area contributed by atoms with Crippen LogP contribution in [0, 0.1) is 0 Å². The molecule has 0 bridgehead atoms. The minimum atomic E-state index is -3.09. The quantitative estimate of drug-likeness (QED) is 0.580. The Morgan fingerprint density at radius 1 is 1.32 bits per heavy atom. The van der Waals surface area contributed by atoms with Crippen molar-refractivity contribution in [1.29, 1.82) is 0 Å². The van der Waals surface area contributed by atoms with Gasteiger partial charge in [-0.15, -0.1) is 0 Å². The lowest BCUT2D eigenvalue weighted by molar-refractivity contribution is -0.134. The van der Waals surface area contributed by atoms with E-state index in [0.717, 1.165) is 6.26 Å². The van der Waals surface area contributed by atoms with E-state index in [4.69, 9.17) is 10.8 Å². The molecule has 0 spiro atoms. The molecule has 1 amide bonds. The smallest absolute Gasteiger partial charge is 0.239 e. The molecule has 1 heterocycles. The van der Waals surface area contributed by atoms with Gasteiger partial charge in [-0.05, 0) is 6.42 Å². The van der Waals surface area contributed by atoms with Gasteiger partial charge >= 0.3 is 0 Å².